The topological polar surface area (TPSA) is 44.1 Å². The van der Waals surface area contributed by atoms with Crippen LogP contribution in [-0.2, 0) is 16.1 Å². The molecule has 1 heterocycles. The number of carbonyl (C=O) groups is 1. The van der Waals surface area contributed by atoms with Crippen LogP contribution < -0.4 is 0 Å². The molecule has 1 aromatic heterocycles. The Hall–Kier alpha value is -1.58. The van der Waals surface area contributed by atoms with Crippen molar-refractivity contribution in [3.05, 3.63) is 30.1 Å². The minimum absolute atomic E-state index is 0.342. The Morgan fingerprint density at radius 2 is 2.44 bits per heavy atom. The highest BCUT2D eigenvalue weighted by Gasteiger charge is 2.25. The molecule has 0 bridgehead atoms. The molecule has 0 unspecified atom stereocenters. The lowest BCUT2D eigenvalue weighted by Gasteiger charge is -2.05. The number of hydrogen-bond donors (Lipinski definition) is 0. The molecule has 0 saturated heterocycles. The second-order valence-corrected chi connectivity index (χ2v) is 4.04. The van der Waals surface area contributed by atoms with E-state index in [4.69, 9.17) is 4.74 Å². The highest BCUT2D eigenvalue weighted by molar-refractivity contribution is 5.87. The molecule has 16 heavy (non-hydrogen) atoms. The zero-order chi connectivity index (χ0) is 11.5. The number of nitrogens with zero attached hydrogens (tertiary/aromatic N) is 2. The van der Waals surface area contributed by atoms with Crippen molar-refractivity contribution in [1.29, 1.82) is 0 Å². The normalized spacial score (nSPS) is 14.8. The fraction of sp³-hybridized carbons (Fsp3) is 0.500. The summed E-state index contributed by atoms with van der Waals surface area (Å²) in [5, 5.41) is 4.40. The number of hydrogen-bond acceptors (Lipinski definition) is 3. The fourth-order valence-electron chi connectivity index (χ4n) is 1.56. The first-order chi connectivity index (χ1) is 7.70. The number of carbonyl (C=O) groups excluding carboxylic acids is 1. The number of rotatable bonds is 5. The molecule has 1 fully saturated rings. The summed E-state index contributed by atoms with van der Waals surface area (Å²) in [5.74, 6) is 0.295. The molecule has 0 amide bonds. The molecule has 0 aromatic carbocycles. The van der Waals surface area contributed by atoms with Gasteiger partial charge in [0, 0.05) is 12.1 Å². The van der Waals surface area contributed by atoms with Crippen molar-refractivity contribution in [2.24, 2.45) is 0 Å². The van der Waals surface area contributed by atoms with Crippen LogP contribution in [-0.4, -0.2) is 22.4 Å². The summed E-state index contributed by atoms with van der Waals surface area (Å²) < 4.78 is 6.61. The van der Waals surface area contributed by atoms with E-state index in [1.165, 1.54) is 12.8 Å². The third-order valence-corrected chi connectivity index (χ3v) is 2.57. The van der Waals surface area contributed by atoms with Gasteiger partial charge in [-0.2, -0.15) is 5.10 Å². The summed E-state index contributed by atoms with van der Waals surface area (Å²) in [7, 11) is 0. The molecule has 2 rings (SSSR count). The van der Waals surface area contributed by atoms with E-state index >= 15 is 0 Å². The van der Waals surface area contributed by atoms with E-state index in [0.29, 0.717) is 24.6 Å². The Morgan fingerprint density at radius 1 is 1.69 bits per heavy atom. The van der Waals surface area contributed by atoms with Gasteiger partial charge in [0.15, 0.2) is 0 Å². The average molecular weight is 220 g/mol. The van der Waals surface area contributed by atoms with E-state index in [9.17, 15) is 4.79 Å². The third-order valence-electron chi connectivity index (χ3n) is 2.57. The summed E-state index contributed by atoms with van der Waals surface area (Å²) in [4.78, 5) is 11.3. The minimum Gasteiger partial charge on any atom is -0.463 e. The summed E-state index contributed by atoms with van der Waals surface area (Å²) in [6.45, 7) is 6.27. The monoisotopic (exact) mass is 220 g/mol. The lowest BCUT2D eigenvalue weighted by Crippen LogP contribution is -2.12. The average Bonchev–Trinajstić information content (AvgIpc) is 3.01. The van der Waals surface area contributed by atoms with E-state index in [2.05, 4.69) is 11.7 Å². The van der Waals surface area contributed by atoms with Crippen LogP contribution in [0.15, 0.2) is 24.4 Å². The standard InChI is InChI=1S/C12H16N2O2/c1-3-16-12(15)9(2)8-14-7-6-11(13-14)10-4-5-10/h6-7,10H,2-5,8H2,1H3. The van der Waals surface area contributed by atoms with E-state index in [-0.39, 0.29) is 5.97 Å². The quantitative estimate of drug-likeness (QED) is 0.562. The smallest absolute Gasteiger partial charge is 0.335 e. The van der Waals surface area contributed by atoms with Crippen LogP contribution in [0.2, 0.25) is 0 Å². The number of aromatic nitrogens is 2. The molecule has 1 aliphatic rings. The van der Waals surface area contributed by atoms with Crippen LogP contribution in [0.25, 0.3) is 0 Å². The zero-order valence-corrected chi connectivity index (χ0v) is 9.48. The largest absolute Gasteiger partial charge is 0.463 e. The van der Waals surface area contributed by atoms with Gasteiger partial charge in [-0.3, -0.25) is 4.68 Å². The summed E-state index contributed by atoms with van der Waals surface area (Å²) >= 11 is 0. The van der Waals surface area contributed by atoms with E-state index in [1.54, 1.807) is 11.6 Å². The van der Waals surface area contributed by atoms with Crippen LogP contribution in [0.1, 0.15) is 31.4 Å². The molecule has 4 heteroatoms. The number of esters is 1. The van der Waals surface area contributed by atoms with E-state index < -0.39 is 0 Å². The molecule has 0 aliphatic heterocycles. The van der Waals surface area contributed by atoms with Crippen molar-refractivity contribution in [1.82, 2.24) is 9.78 Å². The SMILES string of the molecule is C=C(Cn1ccc(C2CC2)n1)C(=O)OCC. The minimum atomic E-state index is -0.342. The lowest BCUT2D eigenvalue weighted by molar-refractivity contribution is -0.138. The van der Waals surface area contributed by atoms with Gasteiger partial charge in [-0.15, -0.1) is 0 Å². The van der Waals surface area contributed by atoms with Crippen LogP contribution in [0.5, 0.6) is 0 Å². The first-order valence-electron chi connectivity index (χ1n) is 5.59. The lowest BCUT2D eigenvalue weighted by atomic mass is 10.3. The van der Waals surface area contributed by atoms with Crippen molar-refractivity contribution < 1.29 is 9.53 Å². The highest BCUT2D eigenvalue weighted by atomic mass is 16.5. The molecule has 0 N–H and O–H groups in total. The fourth-order valence-corrected chi connectivity index (χ4v) is 1.56. The molecule has 0 radical (unpaired) electrons. The number of ether oxygens (including phenoxy) is 1. The molecular weight excluding hydrogens is 204 g/mol. The van der Waals surface area contributed by atoms with Crippen LogP contribution in [0, 0.1) is 0 Å². The van der Waals surface area contributed by atoms with Gasteiger partial charge in [-0.05, 0) is 25.8 Å². The molecule has 1 saturated carbocycles. The van der Waals surface area contributed by atoms with Gasteiger partial charge >= 0.3 is 5.97 Å². The van der Waals surface area contributed by atoms with Gasteiger partial charge < -0.3 is 4.74 Å². The van der Waals surface area contributed by atoms with Gasteiger partial charge in [0.2, 0.25) is 0 Å². The molecular formula is C12H16N2O2. The van der Waals surface area contributed by atoms with Crippen molar-refractivity contribution in [2.75, 3.05) is 6.61 Å². The van der Waals surface area contributed by atoms with Gasteiger partial charge in [0.1, 0.15) is 0 Å². The van der Waals surface area contributed by atoms with Gasteiger partial charge in [0.25, 0.3) is 0 Å². The maximum absolute atomic E-state index is 11.3. The maximum atomic E-state index is 11.3. The van der Waals surface area contributed by atoms with Gasteiger partial charge in [-0.1, -0.05) is 6.58 Å². The first-order valence-corrected chi connectivity index (χ1v) is 5.59. The zero-order valence-electron chi connectivity index (χ0n) is 9.48. The van der Waals surface area contributed by atoms with E-state index in [0.717, 1.165) is 5.69 Å². The molecule has 1 aliphatic carbocycles. The highest BCUT2D eigenvalue weighted by Crippen LogP contribution is 2.38. The van der Waals surface area contributed by atoms with Crippen LogP contribution >= 0.6 is 0 Å². The summed E-state index contributed by atoms with van der Waals surface area (Å²) in [6.07, 6.45) is 4.35. The Bertz CT molecular complexity index is 405. The predicted molar refractivity (Wildman–Crippen MR) is 60.0 cm³/mol. The maximum Gasteiger partial charge on any atom is 0.335 e. The summed E-state index contributed by atoms with van der Waals surface area (Å²) in [6, 6.07) is 2.01. The Morgan fingerprint density at radius 3 is 3.06 bits per heavy atom. The first kappa shape index (κ1) is 10.9. The summed E-state index contributed by atoms with van der Waals surface area (Å²) in [5.41, 5.74) is 1.56. The second-order valence-electron chi connectivity index (χ2n) is 4.04. The Kier molecular flexibility index (Phi) is 3.08. The molecule has 0 atom stereocenters. The second kappa shape index (κ2) is 4.51. The van der Waals surface area contributed by atoms with Crippen molar-refractivity contribution in [3.8, 4) is 0 Å². The molecule has 0 spiro atoms. The predicted octanol–water partition coefficient (Wildman–Crippen LogP) is 1.88. The van der Waals surface area contributed by atoms with Crippen molar-refractivity contribution >= 4 is 5.97 Å². The molecule has 1 aromatic rings. The Balaban J connectivity index is 1.92. The van der Waals surface area contributed by atoms with Crippen molar-refractivity contribution in [2.45, 2.75) is 32.2 Å². The van der Waals surface area contributed by atoms with E-state index in [1.807, 2.05) is 12.3 Å². The van der Waals surface area contributed by atoms with Crippen molar-refractivity contribution in [3.63, 3.8) is 0 Å². The molecule has 4 nitrogen and oxygen atoms in total. The van der Waals surface area contributed by atoms with Crippen LogP contribution in [0.4, 0.5) is 0 Å². The van der Waals surface area contributed by atoms with Crippen LogP contribution in [0.3, 0.4) is 0 Å². The third kappa shape index (κ3) is 2.51. The van der Waals surface area contributed by atoms with Gasteiger partial charge in [0.05, 0.1) is 24.4 Å². The molecule has 86 valence electrons. The Labute approximate surface area is 94.9 Å². The van der Waals surface area contributed by atoms with Gasteiger partial charge in [-0.25, -0.2) is 4.79 Å².